The number of aromatic nitrogens is 4. The Morgan fingerprint density at radius 2 is 0.482 bits per heavy atom. The van der Waals surface area contributed by atoms with Crippen molar-refractivity contribution in [2.45, 2.75) is 25.7 Å². The van der Waals surface area contributed by atoms with Gasteiger partial charge in [0.1, 0.15) is 23.0 Å². The summed E-state index contributed by atoms with van der Waals surface area (Å²) >= 11 is 0. The number of rotatable bonds is 24. The van der Waals surface area contributed by atoms with Crippen LogP contribution in [0.15, 0.2) is 121 Å². The summed E-state index contributed by atoms with van der Waals surface area (Å²) in [6, 6.07) is 41.9. The van der Waals surface area contributed by atoms with Crippen LogP contribution >= 0.6 is 0 Å². The van der Waals surface area contributed by atoms with E-state index in [4.69, 9.17) is 38.9 Å². The minimum absolute atomic E-state index is 0. The molecule has 0 N–H and O–H groups in total. The first-order valence-corrected chi connectivity index (χ1v) is 28.3. The molecular weight excluding hydrogens is 1380 g/mol. The largest absolute Gasteiger partial charge is 2.00 e. The number of hydrogen-bond donors (Lipinski definition) is 0. The number of ether oxygens (including phenoxy) is 4. The number of quaternary nitrogens is 4. The number of fused-ring (bicyclic) bond motifs is 8. The van der Waals surface area contributed by atoms with Gasteiger partial charge in [-0.2, -0.15) is 0 Å². The standard InChI is InChI=1S/C68H84N8O4.4BrH.Cu/c1-73(2,3)41-13-45-77-53-25-17-49(18-26-53)65-57-33-35-59(69-57)66(50-19-27-54(28-20-50)78-46-14-42-74(4,5)6)61-37-39-63(71-61)68(52-23-31-56(32-24-52)80-48-16-44-76(10,11)12)64-40-38-62(72-64)67(60-36-34-58(65)70-60)51-21-29-55(30-22-51)79-47-15-43-75(7,8)9;;;;;/h17-40H,13-16,41-48H2,1-12H3;4*1H;/q+2;;;;;+2/p-4. The molecule has 0 amide bonds. The van der Waals surface area contributed by atoms with Crippen LogP contribution in [0.3, 0.4) is 0 Å². The third-order valence-corrected chi connectivity index (χ3v) is 14.1. The van der Waals surface area contributed by atoms with Crippen molar-refractivity contribution in [1.82, 2.24) is 19.9 Å². The molecule has 0 saturated carbocycles. The number of benzene rings is 4. The van der Waals surface area contributed by atoms with Crippen molar-refractivity contribution in [2.75, 3.05) is 137 Å². The first-order chi connectivity index (χ1) is 38.1. The summed E-state index contributed by atoms with van der Waals surface area (Å²) in [7, 11) is 26.5. The Balaban J connectivity index is 0.00000310. The van der Waals surface area contributed by atoms with Crippen LogP contribution in [-0.4, -0.2) is 165 Å². The van der Waals surface area contributed by atoms with Crippen LogP contribution in [0.5, 0.6) is 23.0 Å². The molecule has 4 aromatic carbocycles. The van der Waals surface area contributed by atoms with Crippen LogP contribution in [0.4, 0.5) is 0 Å². The van der Waals surface area contributed by atoms with Crippen molar-refractivity contribution >= 4 is 46.4 Å². The molecule has 3 aromatic heterocycles. The van der Waals surface area contributed by atoms with E-state index in [0.29, 0.717) is 26.4 Å². The summed E-state index contributed by atoms with van der Waals surface area (Å²) in [5.41, 5.74) is 13.9. The van der Waals surface area contributed by atoms with E-state index in [1.165, 1.54) is 0 Å². The predicted molar refractivity (Wildman–Crippen MR) is 331 cm³/mol. The van der Waals surface area contributed by atoms with Gasteiger partial charge in [0.05, 0.1) is 160 Å². The van der Waals surface area contributed by atoms with E-state index in [2.05, 4.69) is 230 Å². The van der Waals surface area contributed by atoms with Crippen molar-refractivity contribution in [1.29, 1.82) is 0 Å². The average Bonchev–Trinajstić information content (AvgIpc) is 4.26. The molecular formula is C68H84Br4CuN8O4. The van der Waals surface area contributed by atoms with Crippen molar-refractivity contribution in [3.05, 3.63) is 144 Å². The molecule has 0 fully saturated rings. The van der Waals surface area contributed by atoms with Crippen molar-refractivity contribution < 1.29 is 122 Å². The summed E-state index contributed by atoms with van der Waals surface area (Å²) in [5, 5.41) is 0. The summed E-state index contributed by atoms with van der Waals surface area (Å²) in [6.07, 6.45) is 12.3. The molecule has 0 atom stereocenters. The monoisotopic (exact) mass is 1460 g/mol. The summed E-state index contributed by atoms with van der Waals surface area (Å²) in [4.78, 5) is 22.1. The maximum atomic E-state index is 6.28. The van der Waals surface area contributed by atoms with Crippen LogP contribution in [0.1, 0.15) is 48.5 Å². The number of halogens is 4. The molecule has 2 aliphatic rings. The zero-order valence-corrected chi connectivity index (χ0v) is 58.7. The second kappa shape index (κ2) is 31.7. The van der Waals surface area contributed by atoms with Gasteiger partial charge in [-0.1, -0.05) is 72.8 Å². The molecule has 12 nitrogen and oxygen atoms in total. The van der Waals surface area contributed by atoms with Gasteiger partial charge in [-0.25, -0.2) is 9.97 Å². The van der Waals surface area contributed by atoms with Gasteiger partial charge in [-0.15, -0.1) is 22.1 Å². The van der Waals surface area contributed by atoms with E-state index < -0.39 is 0 Å². The van der Waals surface area contributed by atoms with E-state index in [0.717, 1.165) is 182 Å². The van der Waals surface area contributed by atoms with Gasteiger partial charge >= 0.3 is 17.1 Å². The normalized spacial score (nSPS) is 12.0. The maximum Gasteiger partial charge on any atom is 2.00 e. The van der Waals surface area contributed by atoms with Gasteiger partial charge in [0.15, 0.2) is 0 Å². The van der Waals surface area contributed by atoms with Crippen LogP contribution in [0.25, 0.3) is 90.9 Å². The minimum atomic E-state index is 0. The third kappa shape index (κ3) is 20.5. The minimum Gasteiger partial charge on any atom is -1.00 e. The van der Waals surface area contributed by atoms with Gasteiger partial charge in [0.2, 0.25) is 0 Å². The SMILES string of the molecule is C[N+](C)(C)CCCOc1ccc(-c2c3nc(c(-c4ccc(OCCC[N+](C)(C)C)cc4)c4ccc([n-]4)c(-c4ccc(OCCC[N+](C)(C)C)cc4)c4nc(c(-c5ccc(OCCC[N+](C)(C)C)cc5)c5ccc2[n-]5)C=C4)C=C3)cc1.[Br-].[Br-].[Br-].[Br-].[Cu+2]. The fourth-order valence-electron chi connectivity index (χ4n) is 10.1. The molecule has 0 aliphatic carbocycles. The second-order valence-corrected chi connectivity index (χ2v) is 25.3. The number of hydrogen-bond acceptors (Lipinski definition) is 6. The molecule has 85 heavy (non-hydrogen) atoms. The van der Waals surface area contributed by atoms with Gasteiger partial charge in [-0.05, 0) is 117 Å². The van der Waals surface area contributed by atoms with Crippen LogP contribution < -0.4 is 96.8 Å². The first-order valence-electron chi connectivity index (χ1n) is 28.3. The zero-order chi connectivity index (χ0) is 56.7. The molecule has 2 aliphatic heterocycles. The summed E-state index contributed by atoms with van der Waals surface area (Å²) in [6.45, 7) is 6.68. The van der Waals surface area contributed by atoms with Gasteiger partial charge in [0, 0.05) is 25.7 Å². The first kappa shape index (κ1) is 72.4. The second-order valence-electron chi connectivity index (χ2n) is 25.3. The molecule has 0 unspecified atom stereocenters. The molecule has 1 radical (unpaired) electrons. The Morgan fingerprint density at radius 3 is 0.659 bits per heavy atom. The molecule has 0 saturated heterocycles. The Labute approximate surface area is 558 Å². The topological polar surface area (TPSA) is 90.9 Å². The van der Waals surface area contributed by atoms with Gasteiger partial charge in [0.25, 0.3) is 0 Å². The molecule has 17 heteroatoms. The molecule has 5 heterocycles. The Kier molecular flexibility index (Phi) is 27.0. The van der Waals surface area contributed by atoms with E-state index in [-0.39, 0.29) is 85.0 Å². The molecule has 0 spiro atoms. The Hall–Kier alpha value is -5.04. The maximum absolute atomic E-state index is 6.28. The van der Waals surface area contributed by atoms with E-state index in [1.807, 2.05) is 0 Å². The third-order valence-electron chi connectivity index (χ3n) is 14.1. The van der Waals surface area contributed by atoms with Crippen molar-refractivity contribution in [3.63, 3.8) is 0 Å². The molecule has 7 aromatic rings. The summed E-state index contributed by atoms with van der Waals surface area (Å²) in [5.74, 6) is 3.30. The van der Waals surface area contributed by atoms with Gasteiger partial charge in [-0.3, -0.25) is 0 Å². The van der Waals surface area contributed by atoms with Gasteiger partial charge < -0.3 is 115 Å². The average molecular weight is 1460 g/mol. The van der Waals surface area contributed by atoms with E-state index in [9.17, 15) is 0 Å². The fourth-order valence-corrected chi connectivity index (χ4v) is 10.1. The van der Waals surface area contributed by atoms with Crippen LogP contribution in [0.2, 0.25) is 0 Å². The molecule has 8 bridgehead atoms. The van der Waals surface area contributed by atoms with Crippen LogP contribution in [-0.2, 0) is 17.1 Å². The summed E-state index contributed by atoms with van der Waals surface area (Å²) < 4.78 is 28.7. The van der Waals surface area contributed by atoms with Crippen molar-refractivity contribution in [3.8, 4) is 67.5 Å². The van der Waals surface area contributed by atoms with Crippen LogP contribution in [0, 0.1) is 0 Å². The number of nitrogens with zero attached hydrogens (tertiary/aromatic N) is 8. The molecule has 459 valence electrons. The Bertz CT molecular complexity index is 3030. The van der Waals surface area contributed by atoms with Crippen molar-refractivity contribution in [2.24, 2.45) is 0 Å². The van der Waals surface area contributed by atoms with E-state index >= 15 is 0 Å². The Morgan fingerprint density at radius 1 is 0.294 bits per heavy atom. The van der Waals surface area contributed by atoms with E-state index in [1.54, 1.807) is 0 Å². The molecule has 9 rings (SSSR count). The predicted octanol–water partition coefficient (Wildman–Crippen LogP) is 0.496. The smallest absolute Gasteiger partial charge is 1.00 e. The fraction of sp³-hybridized carbons (Fsp3) is 0.353. The zero-order valence-electron chi connectivity index (χ0n) is 51.4. The quantitative estimate of drug-likeness (QED) is 0.0492.